The maximum absolute atomic E-state index is 10.7. The van der Waals surface area contributed by atoms with Gasteiger partial charge in [-0.2, -0.15) is 0 Å². The van der Waals surface area contributed by atoms with E-state index in [9.17, 15) is 5.11 Å². The van der Waals surface area contributed by atoms with Gasteiger partial charge in [0.15, 0.2) is 5.11 Å². The van der Waals surface area contributed by atoms with Crippen LogP contribution in [-0.4, -0.2) is 24.8 Å². The van der Waals surface area contributed by atoms with Gasteiger partial charge in [-0.3, -0.25) is 9.97 Å². The van der Waals surface area contributed by atoms with Crippen LogP contribution < -0.4 is 10.2 Å². The second kappa shape index (κ2) is 8.61. The Bertz CT molecular complexity index is 1250. The molecule has 0 bridgehead atoms. The number of hydrogen-bond donors (Lipinski definition) is 2. The van der Waals surface area contributed by atoms with Gasteiger partial charge in [0, 0.05) is 29.3 Å². The fourth-order valence-corrected chi connectivity index (χ4v) is 4.62. The van der Waals surface area contributed by atoms with E-state index in [0.29, 0.717) is 22.4 Å². The highest BCUT2D eigenvalue weighted by Gasteiger charge is 2.42. The molecule has 1 saturated heterocycles. The van der Waals surface area contributed by atoms with Crippen molar-refractivity contribution in [1.82, 2.24) is 19.9 Å². The molecule has 1 aromatic carbocycles. The summed E-state index contributed by atoms with van der Waals surface area (Å²) in [6.45, 7) is 0.608. The van der Waals surface area contributed by atoms with Gasteiger partial charge in [-0.05, 0) is 66.8 Å². The van der Waals surface area contributed by atoms with E-state index in [1.54, 1.807) is 30.6 Å². The highest BCUT2D eigenvalue weighted by Crippen LogP contribution is 2.45. The van der Waals surface area contributed by atoms with E-state index in [2.05, 4.69) is 25.9 Å². The molecule has 0 radical (unpaired) electrons. The summed E-state index contributed by atoms with van der Waals surface area (Å²) in [7, 11) is 0. The molecule has 0 amide bonds. The minimum Gasteiger partial charge on any atom is -0.506 e. The Morgan fingerprint density at radius 2 is 1.81 bits per heavy atom. The number of nitrogens with zero attached hydrogens (tertiary/aromatic N) is 4. The summed E-state index contributed by atoms with van der Waals surface area (Å²) in [6, 6.07) is 20.2. The van der Waals surface area contributed by atoms with Gasteiger partial charge in [0.2, 0.25) is 0 Å². The van der Waals surface area contributed by atoms with Crippen molar-refractivity contribution in [1.29, 1.82) is 0 Å². The average Bonchev–Trinajstić information content (AvgIpc) is 3.40. The standard InChI is InChI=1S/C24H20ClN5OS/c25-16-9-10-21(31)20(14-16)30-23(22(28-24(30)32)18-7-2-4-12-27-18)19-8-5-13-29(19)15-17-6-1-3-11-26-17/h1-14,22-23,31H,15H2,(H,28,32)/t22-,23-/m0/s1. The fraction of sp³-hybridized carbons (Fsp3) is 0.125. The molecule has 0 spiro atoms. The Labute approximate surface area is 196 Å². The molecule has 0 saturated carbocycles. The molecular formula is C24H20ClN5OS. The molecule has 1 aliphatic heterocycles. The van der Waals surface area contributed by atoms with Gasteiger partial charge in [-0.1, -0.05) is 23.7 Å². The Morgan fingerprint density at radius 1 is 1.00 bits per heavy atom. The van der Waals surface area contributed by atoms with Crippen LogP contribution in [0.4, 0.5) is 5.69 Å². The van der Waals surface area contributed by atoms with Crippen LogP contribution >= 0.6 is 23.8 Å². The Kier molecular flexibility index (Phi) is 5.51. The maximum atomic E-state index is 10.7. The van der Waals surface area contributed by atoms with Gasteiger partial charge in [0.25, 0.3) is 0 Å². The molecule has 1 aliphatic rings. The SMILES string of the molecule is Oc1ccc(Cl)cc1N1C(=S)N[C@@H](c2ccccn2)[C@@H]1c1cccn1Cc1ccccn1. The maximum Gasteiger partial charge on any atom is 0.174 e. The topological polar surface area (TPSA) is 66.2 Å². The molecule has 8 heteroatoms. The summed E-state index contributed by atoms with van der Waals surface area (Å²) in [5, 5.41) is 15.1. The lowest BCUT2D eigenvalue weighted by molar-refractivity contribution is 0.471. The predicted molar refractivity (Wildman–Crippen MR) is 129 cm³/mol. The zero-order valence-electron chi connectivity index (χ0n) is 17.0. The number of aromatic nitrogens is 3. The van der Waals surface area contributed by atoms with Crippen LogP contribution in [0.5, 0.6) is 5.75 Å². The largest absolute Gasteiger partial charge is 0.506 e. The highest BCUT2D eigenvalue weighted by molar-refractivity contribution is 7.80. The van der Waals surface area contributed by atoms with E-state index in [4.69, 9.17) is 23.8 Å². The third-order valence-electron chi connectivity index (χ3n) is 5.52. The summed E-state index contributed by atoms with van der Waals surface area (Å²) < 4.78 is 2.15. The number of rotatable bonds is 5. The normalized spacial score (nSPS) is 18.0. The van der Waals surface area contributed by atoms with Crippen molar-refractivity contribution in [2.24, 2.45) is 0 Å². The molecule has 2 atom stereocenters. The first-order chi connectivity index (χ1) is 15.6. The smallest absolute Gasteiger partial charge is 0.174 e. The second-order valence-corrected chi connectivity index (χ2v) is 8.33. The van der Waals surface area contributed by atoms with Crippen molar-refractivity contribution < 1.29 is 5.11 Å². The second-order valence-electron chi connectivity index (χ2n) is 7.51. The molecule has 4 aromatic rings. The van der Waals surface area contributed by atoms with Gasteiger partial charge in [0.1, 0.15) is 11.8 Å². The number of phenolic OH excluding ortho intramolecular Hbond substituents is 1. The molecule has 0 aliphatic carbocycles. The first-order valence-corrected chi connectivity index (χ1v) is 10.9. The number of benzene rings is 1. The van der Waals surface area contributed by atoms with Crippen LogP contribution in [0.1, 0.15) is 29.2 Å². The number of thiocarbonyl (C=S) groups is 1. The molecule has 160 valence electrons. The predicted octanol–water partition coefficient (Wildman–Crippen LogP) is 4.86. The quantitative estimate of drug-likeness (QED) is 0.414. The number of anilines is 1. The minimum absolute atomic E-state index is 0.105. The lowest BCUT2D eigenvalue weighted by Crippen LogP contribution is -2.30. The van der Waals surface area contributed by atoms with Gasteiger partial charge >= 0.3 is 0 Å². The summed E-state index contributed by atoms with van der Waals surface area (Å²) in [5.41, 5.74) is 3.36. The van der Waals surface area contributed by atoms with Crippen molar-refractivity contribution in [2.45, 2.75) is 18.6 Å². The molecule has 6 nitrogen and oxygen atoms in total. The Balaban J connectivity index is 1.63. The number of nitrogens with one attached hydrogen (secondary N) is 1. The van der Waals surface area contributed by atoms with Gasteiger partial charge in [-0.25, -0.2) is 0 Å². The van der Waals surface area contributed by atoms with Crippen molar-refractivity contribution in [3.63, 3.8) is 0 Å². The zero-order chi connectivity index (χ0) is 22.1. The van der Waals surface area contributed by atoms with Crippen LogP contribution in [0.2, 0.25) is 5.02 Å². The number of hydrogen-bond acceptors (Lipinski definition) is 4. The summed E-state index contributed by atoms with van der Waals surface area (Å²) in [5.74, 6) is 0.105. The monoisotopic (exact) mass is 461 g/mol. The zero-order valence-corrected chi connectivity index (χ0v) is 18.5. The molecule has 4 heterocycles. The molecule has 5 rings (SSSR count). The van der Waals surface area contributed by atoms with Gasteiger partial charge < -0.3 is 19.9 Å². The van der Waals surface area contributed by atoms with E-state index < -0.39 is 0 Å². The number of pyridine rings is 2. The molecule has 3 aromatic heterocycles. The Morgan fingerprint density at radius 3 is 2.56 bits per heavy atom. The van der Waals surface area contributed by atoms with Crippen molar-refractivity contribution in [3.05, 3.63) is 107 Å². The summed E-state index contributed by atoms with van der Waals surface area (Å²) in [6.07, 6.45) is 5.58. The third-order valence-corrected chi connectivity index (χ3v) is 6.07. The minimum atomic E-state index is -0.263. The van der Waals surface area contributed by atoms with Crippen molar-refractivity contribution >= 4 is 34.6 Å². The van der Waals surface area contributed by atoms with E-state index in [1.807, 2.05) is 53.6 Å². The van der Waals surface area contributed by atoms with Crippen LogP contribution in [0.25, 0.3) is 0 Å². The van der Waals surface area contributed by atoms with Crippen LogP contribution in [0.15, 0.2) is 85.3 Å². The van der Waals surface area contributed by atoms with Crippen molar-refractivity contribution in [3.8, 4) is 5.75 Å². The molecular weight excluding hydrogens is 442 g/mol. The van der Waals surface area contributed by atoms with Gasteiger partial charge in [-0.15, -0.1) is 0 Å². The first-order valence-electron chi connectivity index (χ1n) is 10.2. The summed E-state index contributed by atoms with van der Waals surface area (Å²) in [4.78, 5) is 11.0. The number of phenols is 1. The number of halogens is 1. The van der Waals surface area contributed by atoms with E-state index in [0.717, 1.165) is 17.1 Å². The molecule has 32 heavy (non-hydrogen) atoms. The number of aromatic hydroxyl groups is 1. The molecule has 2 N–H and O–H groups in total. The third kappa shape index (κ3) is 3.81. The molecule has 0 unspecified atom stereocenters. The fourth-order valence-electron chi connectivity index (χ4n) is 4.11. The van der Waals surface area contributed by atoms with Crippen LogP contribution in [0.3, 0.4) is 0 Å². The van der Waals surface area contributed by atoms with E-state index in [1.165, 1.54) is 0 Å². The average molecular weight is 462 g/mol. The highest BCUT2D eigenvalue weighted by atomic mass is 35.5. The lowest BCUT2D eigenvalue weighted by atomic mass is 10.0. The molecule has 1 fully saturated rings. The first kappa shape index (κ1) is 20.5. The van der Waals surface area contributed by atoms with Gasteiger partial charge in [0.05, 0.1) is 29.7 Å². The van der Waals surface area contributed by atoms with Crippen LogP contribution in [0, 0.1) is 0 Å². The van der Waals surface area contributed by atoms with E-state index in [-0.39, 0.29) is 17.8 Å². The Hall–Kier alpha value is -3.42. The van der Waals surface area contributed by atoms with Crippen molar-refractivity contribution in [2.75, 3.05) is 4.90 Å². The summed E-state index contributed by atoms with van der Waals surface area (Å²) >= 11 is 12.0. The lowest BCUT2D eigenvalue weighted by Gasteiger charge is -2.29. The van der Waals surface area contributed by atoms with Crippen LogP contribution in [-0.2, 0) is 6.54 Å². The van der Waals surface area contributed by atoms with E-state index >= 15 is 0 Å².